The van der Waals surface area contributed by atoms with E-state index in [-0.39, 0.29) is 6.54 Å². The molecule has 1 aromatic heterocycles. The predicted molar refractivity (Wildman–Crippen MR) is 121 cm³/mol. The molecule has 0 saturated heterocycles. The van der Waals surface area contributed by atoms with E-state index in [2.05, 4.69) is 10.5 Å². The van der Waals surface area contributed by atoms with Gasteiger partial charge >= 0.3 is 0 Å². The first-order valence-electron chi connectivity index (χ1n) is 9.55. The van der Waals surface area contributed by atoms with Crippen molar-refractivity contribution in [3.63, 3.8) is 0 Å². The number of hydrogen-bond acceptors (Lipinski definition) is 8. The molecule has 1 atom stereocenters. The molecule has 1 unspecified atom stereocenters. The van der Waals surface area contributed by atoms with Gasteiger partial charge < -0.3 is 34.5 Å². The molecule has 3 N–H and O–H groups in total. The Labute approximate surface area is 190 Å². The summed E-state index contributed by atoms with van der Waals surface area (Å²) in [6.07, 6.45) is 1.51. The lowest BCUT2D eigenvalue weighted by Crippen LogP contribution is -2.29. The summed E-state index contributed by atoms with van der Waals surface area (Å²) < 4.78 is 26.9. The fraction of sp³-hybridized carbons (Fsp3) is 0.273. The summed E-state index contributed by atoms with van der Waals surface area (Å²) in [7, 11) is 6.11. The largest absolute Gasteiger partial charge is 0.495 e. The average Bonchev–Trinajstić information content (AvgIpc) is 3.32. The van der Waals surface area contributed by atoms with Crippen LogP contribution in [-0.4, -0.2) is 51.4 Å². The first-order valence-corrected chi connectivity index (χ1v) is 9.99. The maximum absolute atomic E-state index is 12.3. The van der Waals surface area contributed by atoms with Crippen LogP contribution in [0.1, 0.15) is 0 Å². The third-order valence-corrected chi connectivity index (χ3v) is 5.14. The highest BCUT2D eigenvalue weighted by atomic mass is 35.5. The summed E-state index contributed by atoms with van der Waals surface area (Å²) in [4.78, 5) is 12.3. The molecule has 0 saturated carbocycles. The quantitative estimate of drug-likeness (QED) is 0.464. The molecule has 170 valence electrons. The van der Waals surface area contributed by atoms with Crippen LogP contribution in [0.3, 0.4) is 0 Å². The van der Waals surface area contributed by atoms with E-state index >= 15 is 0 Å². The Morgan fingerprint density at radius 1 is 1.03 bits per heavy atom. The van der Waals surface area contributed by atoms with Crippen molar-refractivity contribution >= 4 is 23.2 Å². The molecule has 0 aliphatic heterocycles. The van der Waals surface area contributed by atoms with Gasteiger partial charge in [-0.05, 0) is 29.8 Å². The molecule has 2 aromatic carbocycles. The van der Waals surface area contributed by atoms with Gasteiger partial charge in [-0.3, -0.25) is 4.79 Å². The molecule has 0 aliphatic rings. The zero-order valence-electron chi connectivity index (χ0n) is 18.1. The van der Waals surface area contributed by atoms with Crippen molar-refractivity contribution in [2.75, 3.05) is 40.3 Å². The van der Waals surface area contributed by atoms with Crippen LogP contribution < -0.4 is 30.0 Å². The highest BCUT2D eigenvalue weighted by molar-refractivity contribution is 6.32. The second-order valence-corrected chi connectivity index (χ2v) is 7.13. The van der Waals surface area contributed by atoms with E-state index in [9.17, 15) is 4.79 Å². The van der Waals surface area contributed by atoms with Crippen molar-refractivity contribution < 1.29 is 28.3 Å². The van der Waals surface area contributed by atoms with Crippen LogP contribution in [0.25, 0.3) is 22.4 Å². The minimum absolute atomic E-state index is 0.00628. The summed E-state index contributed by atoms with van der Waals surface area (Å²) in [5.41, 5.74) is 8.56. The van der Waals surface area contributed by atoms with Gasteiger partial charge in [0.2, 0.25) is 11.7 Å². The molecule has 0 fully saturated rings. The second kappa shape index (κ2) is 10.3. The minimum Gasteiger partial charge on any atom is -0.495 e. The van der Waals surface area contributed by atoms with E-state index in [4.69, 9.17) is 40.8 Å². The lowest BCUT2D eigenvalue weighted by Gasteiger charge is -2.15. The van der Waals surface area contributed by atoms with Crippen molar-refractivity contribution in [2.45, 2.75) is 5.38 Å². The van der Waals surface area contributed by atoms with Gasteiger partial charge in [-0.15, -0.1) is 11.6 Å². The Morgan fingerprint density at radius 3 is 2.25 bits per heavy atom. The number of amides is 1. The summed E-state index contributed by atoms with van der Waals surface area (Å²) >= 11 is 5.95. The number of ether oxygens (including phenoxy) is 4. The van der Waals surface area contributed by atoms with E-state index < -0.39 is 11.3 Å². The Bertz CT molecular complexity index is 1080. The van der Waals surface area contributed by atoms with Crippen LogP contribution in [0.2, 0.25) is 0 Å². The van der Waals surface area contributed by atoms with Crippen LogP contribution in [0.15, 0.2) is 41.1 Å². The normalized spacial score (nSPS) is 11.6. The second-order valence-electron chi connectivity index (χ2n) is 6.60. The number of methoxy groups -OCH3 is 4. The Morgan fingerprint density at radius 2 is 1.69 bits per heavy atom. The zero-order valence-corrected chi connectivity index (χ0v) is 18.9. The third kappa shape index (κ3) is 4.58. The van der Waals surface area contributed by atoms with Crippen LogP contribution in [0.4, 0.5) is 5.69 Å². The predicted octanol–water partition coefficient (Wildman–Crippen LogP) is 3.55. The van der Waals surface area contributed by atoms with Gasteiger partial charge in [-0.25, -0.2) is 0 Å². The lowest BCUT2D eigenvalue weighted by atomic mass is 10.0. The number of alkyl halides is 1. The number of nitrogens with zero attached hydrogens (tertiary/aromatic N) is 1. The molecule has 1 heterocycles. The standard InChI is InChI=1S/C22H24ClN3O6/c1-28-17-6-5-12(7-16(17)25-22(27)15(23)10-24)14-11-32-26-20(14)13-8-18(29-2)21(31-4)19(9-13)30-3/h5-9,11,15H,10,24H2,1-4H3,(H,25,27). The highest BCUT2D eigenvalue weighted by Crippen LogP contribution is 2.43. The average molecular weight is 462 g/mol. The van der Waals surface area contributed by atoms with E-state index in [1.54, 1.807) is 24.3 Å². The number of carbonyl (C=O) groups is 1. The number of hydrogen-bond donors (Lipinski definition) is 2. The number of rotatable bonds is 9. The molecular weight excluding hydrogens is 438 g/mol. The number of benzene rings is 2. The van der Waals surface area contributed by atoms with Crippen LogP contribution in [0, 0.1) is 0 Å². The topological polar surface area (TPSA) is 118 Å². The van der Waals surface area contributed by atoms with Gasteiger partial charge in [0.25, 0.3) is 0 Å². The zero-order chi connectivity index (χ0) is 23.3. The molecule has 9 nitrogen and oxygen atoms in total. The number of halogens is 1. The molecular formula is C22H24ClN3O6. The molecule has 3 rings (SSSR count). The molecule has 0 bridgehead atoms. The molecule has 10 heteroatoms. The first kappa shape index (κ1) is 23.2. The lowest BCUT2D eigenvalue weighted by molar-refractivity contribution is -0.115. The molecule has 0 aliphatic carbocycles. The monoisotopic (exact) mass is 461 g/mol. The van der Waals surface area contributed by atoms with Crippen LogP contribution in [-0.2, 0) is 4.79 Å². The summed E-state index contributed by atoms with van der Waals surface area (Å²) in [5.74, 6) is 1.46. The molecule has 32 heavy (non-hydrogen) atoms. The Balaban J connectivity index is 2.07. The van der Waals surface area contributed by atoms with Crippen LogP contribution >= 0.6 is 11.6 Å². The molecule has 1 amide bonds. The fourth-order valence-electron chi connectivity index (χ4n) is 3.16. The summed E-state index contributed by atoms with van der Waals surface area (Å²) in [6, 6.07) is 8.83. The Hall–Kier alpha value is -3.43. The number of anilines is 1. The van der Waals surface area contributed by atoms with Gasteiger partial charge in [-0.1, -0.05) is 11.2 Å². The molecule has 3 aromatic rings. The van der Waals surface area contributed by atoms with Crippen molar-refractivity contribution in [3.05, 3.63) is 36.6 Å². The minimum atomic E-state index is -0.867. The van der Waals surface area contributed by atoms with E-state index in [1.807, 2.05) is 6.07 Å². The van der Waals surface area contributed by atoms with Crippen molar-refractivity contribution in [2.24, 2.45) is 5.73 Å². The maximum atomic E-state index is 12.3. The number of nitrogens with one attached hydrogen (secondary N) is 1. The molecule has 0 spiro atoms. The van der Waals surface area contributed by atoms with Crippen molar-refractivity contribution in [3.8, 4) is 45.4 Å². The maximum Gasteiger partial charge on any atom is 0.243 e. The smallest absolute Gasteiger partial charge is 0.243 e. The number of nitrogens with two attached hydrogens (primary N) is 1. The fourth-order valence-corrected chi connectivity index (χ4v) is 3.21. The number of aromatic nitrogens is 1. The Kier molecular flexibility index (Phi) is 7.45. The van der Waals surface area contributed by atoms with Crippen molar-refractivity contribution in [1.82, 2.24) is 5.16 Å². The summed E-state index contributed by atoms with van der Waals surface area (Å²) in [5, 5.41) is 6.04. The van der Waals surface area contributed by atoms with Gasteiger partial charge in [-0.2, -0.15) is 0 Å². The number of carbonyl (C=O) groups excluding carboxylic acids is 1. The first-order chi connectivity index (χ1) is 15.5. The molecule has 0 radical (unpaired) electrons. The summed E-state index contributed by atoms with van der Waals surface area (Å²) in [6.45, 7) is 0.00628. The SMILES string of the molecule is COc1ccc(-c2conc2-c2cc(OC)c(OC)c(OC)c2)cc1NC(=O)C(Cl)CN. The van der Waals surface area contributed by atoms with Crippen molar-refractivity contribution in [1.29, 1.82) is 0 Å². The third-order valence-electron chi connectivity index (χ3n) is 4.77. The van der Waals surface area contributed by atoms with Gasteiger partial charge in [0.1, 0.15) is 23.1 Å². The van der Waals surface area contributed by atoms with E-state index in [0.717, 1.165) is 5.56 Å². The van der Waals surface area contributed by atoms with Gasteiger partial charge in [0.05, 0.1) is 34.1 Å². The van der Waals surface area contributed by atoms with Gasteiger partial charge in [0, 0.05) is 17.7 Å². The highest BCUT2D eigenvalue weighted by Gasteiger charge is 2.21. The van der Waals surface area contributed by atoms with Gasteiger partial charge in [0.15, 0.2) is 11.5 Å². The van der Waals surface area contributed by atoms with E-state index in [0.29, 0.717) is 45.5 Å². The van der Waals surface area contributed by atoms with Crippen LogP contribution in [0.5, 0.6) is 23.0 Å². The van der Waals surface area contributed by atoms with E-state index in [1.165, 1.54) is 34.7 Å².